The number of rotatable bonds is 4. The third-order valence-electron chi connectivity index (χ3n) is 1.63. The van der Waals surface area contributed by atoms with Gasteiger partial charge in [-0.15, -0.1) is 11.8 Å². The van der Waals surface area contributed by atoms with Crippen molar-refractivity contribution in [1.29, 1.82) is 0 Å². The van der Waals surface area contributed by atoms with Crippen molar-refractivity contribution >= 4 is 23.4 Å². The quantitative estimate of drug-likeness (QED) is 0.744. The highest BCUT2D eigenvalue weighted by Crippen LogP contribution is 2.19. The van der Waals surface area contributed by atoms with Crippen LogP contribution in [-0.2, 0) is 4.79 Å². The Morgan fingerprint density at radius 1 is 1.43 bits per heavy atom. The van der Waals surface area contributed by atoms with Gasteiger partial charge in [-0.25, -0.2) is 0 Å². The molecule has 0 aliphatic carbocycles. The van der Waals surface area contributed by atoms with E-state index in [-0.39, 0.29) is 12.5 Å². The predicted octanol–water partition coefficient (Wildman–Crippen LogP) is 1.70. The Balaban J connectivity index is 2.59. The van der Waals surface area contributed by atoms with E-state index in [4.69, 9.17) is 5.73 Å². The summed E-state index contributed by atoms with van der Waals surface area (Å²) >= 11 is 1.77. The van der Waals surface area contributed by atoms with Crippen molar-refractivity contribution in [3.05, 3.63) is 24.3 Å². The van der Waals surface area contributed by atoms with Crippen molar-refractivity contribution in [2.45, 2.75) is 11.8 Å². The molecule has 76 valence electrons. The molecule has 0 aliphatic heterocycles. The number of nitrogens with two attached hydrogens (primary N) is 1. The molecule has 1 aromatic carbocycles. The summed E-state index contributed by atoms with van der Waals surface area (Å²) in [6.45, 7) is 2.13. The van der Waals surface area contributed by atoms with Gasteiger partial charge in [0.05, 0.1) is 6.54 Å². The van der Waals surface area contributed by atoms with Gasteiger partial charge in [-0.1, -0.05) is 6.92 Å². The Morgan fingerprint density at radius 3 is 2.57 bits per heavy atom. The van der Waals surface area contributed by atoms with Crippen LogP contribution in [0, 0.1) is 0 Å². The fraction of sp³-hybridized carbons (Fsp3) is 0.300. The van der Waals surface area contributed by atoms with E-state index in [9.17, 15) is 4.79 Å². The van der Waals surface area contributed by atoms with Crippen LogP contribution < -0.4 is 11.1 Å². The van der Waals surface area contributed by atoms with Gasteiger partial charge in [-0.2, -0.15) is 0 Å². The maximum atomic E-state index is 11.0. The van der Waals surface area contributed by atoms with Crippen LogP contribution in [0.25, 0.3) is 0 Å². The van der Waals surface area contributed by atoms with Gasteiger partial charge in [0.15, 0.2) is 0 Å². The van der Waals surface area contributed by atoms with E-state index in [1.54, 1.807) is 11.8 Å². The van der Waals surface area contributed by atoms with Crippen molar-refractivity contribution in [3.63, 3.8) is 0 Å². The van der Waals surface area contributed by atoms with Crippen molar-refractivity contribution in [3.8, 4) is 0 Å². The van der Waals surface area contributed by atoms with Crippen LogP contribution in [0.4, 0.5) is 5.69 Å². The zero-order valence-corrected chi connectivity index (χ0v) is 8.93. The topological polar surface area (TPSA) is 55.1 Å². The lowest BCUT2D eigenvalue weighted by Gasteiger charge is -2.04. The molecule has 1 rings (SSSR count). The molecule has 14 heavy (non-hydrogen) atoms. The lowest BCUT2D eigenvalue weighted by atomic mass is 10.3. The highest BCUT2D eigenvalue weighted by Gasteiger charge is 1.98. The minimum absolute atomic E-state index is 0.0193. The van der Waals surface area contributed by atoms with E-state index in [0.717, 1.165) is 11.4 Å². The lowest BCUT2D eigenvalue weighted by Crippen LogP contribution is -2.21. The van der Waals surface area contributed by atoms with Crippen LogP contribution in [0.1, 0.15) is 6.92 Å². The SMILES string of the molecule is CCSc1ccc(NC(=O)CN)cc1. The first-order valence-electron chi connectivity index (χ1n) is 4.49. The highest BCUT2D eigenvalue weighted by molar-refractivity contribution is 7.99. The van der Waals surface area contributed by atoms with Gasteiger partial charge in [-0.3, -0.25) is 4.79 Å². The number of hydrogen-bond donors (Lipinski definition) is 2. The van der Waals surface area contributed by atoms with Crippen LogP contribution in [0.15, 0.2) is 29.2 Å². The summed E-state index contributed by atoms with van der Waals surface area (Å²) in [7, 11) is 0. The second kappa shape index (κ2) is 5.67. The van der Waals surface area contributed by atoms with E-state index >= 15 is 0 Å². The number of hydrogen-bond acceptors (Lipinski definition) is 3. The molecular formula is C10H14N2OS. The molecule has 0 unspecified atom stereocenters. The molecule has 0 aromatic heterocycles. The molecule has 0 radical (unpaired) electrons. The van der Waals surface area contributed by atoms with Crippen LogP contribution in [0.2, 0.25) is 0 Å². The number of amides is 1. The zero-order chi connectivity index (χ0) is 10.4. The summed E-state index contributed by atoms with van der Waals surface area (Å²) in [5.41, 5.74) is 5.97. The van der Waals surface area contributed by atoms with Gasteiger partial charge in [0.25, 0.3) is 0 Å². The Labute approximate surface area is 88.1 Å². The number of thioether (sulfide) groups is 1. The first kappa shape index (κ1) is 11.1. The third-order valence-corrected chi connectivity index (χ3v) is 2.53. The molecule has 4 heteroatoms. The van der Waals surface area contributed by atoms with Crippen molar-refractivity contribution < 1.29 is 4.79 Å². The normalized spacial score (nSPS) is 9.86. The minimum Gasteiger partial charge on any atom is -0.325 e. The Hall–Kier alpha value is -1.00. The zero-order valence-electron chi connectivity index (χ0n) is 8.12. The average molecular weight is 210 g/mol. The van der Waals surface area contributed by atoms with Crippen LogP contribution in [-0.4, -0.2) is 18.2 Å². The largest absolute Gasteiger partial charge is 0.325 e. The molecule has 0 bridgehead atoms. The molecule has 3 N–H and O–H groups in total. The molecular weight excluding hydrogens is 196 g/mol. The number of carbonyl (C=O) groups excluding carboxylic acids is 1. The van der Waals surface area contributed by atoms with Crippen LogP contribution >= 0.6 is 11.8 Å². The fourth-order valence-electron chi connectivity index (χ4n) is 1.01. The van der Waals surface area contributed by atoms with Gasteiger partial charge in [0, 0.05) is 10.6 Å². The van der Waals surface area contributed by atoms with Gasteiger partial charge in [-0.05, 0) is 30.0 Å². The smallest absolute Gasteiger partial charge is 0.238 e. The monoisotopic (exact) mass is 210 g/mol. The van der Waals surface area contributed by atoms with Crippen molar-refractivity contribution in [2.75, 3.05) is 17.6 Å². The summed E-state index contributed by atoms with van der Waals surface area (Å²) < 4.78 is 0. The highest BCUT2D eigenvalue weighted by atomic mass is 32.2. The molecule has 3 nitrogen and oxygen atoms in total. The number of carbonyl (C=O) groups is 1. The maximum Gasteiger partial charge on any atom is 0.238 e. The third kappa shape index (κ3) is 3.40. The van der Waals surface area contributed by atoms with E-state index in [0.29, 0.717) is 0 Å². The summed E-state index contributed by atoms with van der Waals surface area (Å²) in [6.07, 6.45) is 0. The van der Waals surface area contributed by atoms with Crippen molar-refractivity contribution in [2.24, 2.45) is 5.73 Å². The Kier molecular flexibility index (Phi) is 4.49. The maximum absolute atomic E-state index is 11.0. The van der Waals surface area contributed by atoms with E-state index in [1.807, 2.05) is 24.3 Å². The standard InChI is InChI=1S/C10H14N2OS/c1-2-14-9-5-3-8(4-6-9)12-10(13)7-11/h3-6H,2,7,11H2,1H3,(H,12,13). The average Bonchev–Trinajstić information content (AvgIpc) is 2.21. The molecule has 0 spiro atoms. The molecule has 1 aromatic rings. The van der Waals surface area contributed by atoms with E-state index in [1.165, 1.54) is 4.90 Å². The Morgan fingerprint density at radius 2 is 2.07 bits per heavy atom. The molecule has 0 saturated carbocycles. The number of nitrogens with one attached hydrogen (secondary N) is 1. The van der Waals surface area contributed by atoms with E-state index < -0.39 is 0 Å². The van der Waals surface area contributed by atoms with E-state index in [2.05, 4.69) is 12.2 Å². The molecule has 0 heterocycles. The van der Waals surface area contributed by atoms with Gasteiger partial charge in [0.2, 0.25) is 5.91 Å². The molecule has 0 fully saturated rings. The molecule has 1 amide bonds. The molecule has 0 aliphatic rings. The summed E-state index contributed by atoms with van der Waals surface area (Å²) in [4.78, 5) is 12.2. The minimum atomic E-state index is -0.166. The van der Waals surface area contributed by atoms with Gasteiger partial charge >= 0.3 is 0 Å². The summed E-state index contributed by atoms with van der Waals surface area (Å²) in [5.74, 6) is 0.884. The first-order chi connectivity index (χ1) is 6.76. The molecule has 0 atom stereocenters. The molecule has 0 saturated heterocycles. The lowest BCUT2D eigenvalue weighted by molar-refractivity contribution is -0.114. The Bertz CT molecular complexity index is 297. The second-order valence-electron chi connectivity index (χ2n) is 2.71. The van der Waals surface area contributed by atoms with Crippen LogP contribution in [0.5, 0.6) is 0 Å². The fourth-order valence-corrected chi connectivity index (χ4v) is 1.68. The number of benzene rings is 1. The second-order valence-corrected chi connectivity index (χ2v) is 4.05. The van der Waals surface area contributed by atoms with Crippen LogP contribution in [0.3, 0.4) is 0 Å². The summed E-state index contributed by atoms with van der Waals surface area (Å²) in [5, 5.41) is 2.69. The summed E-state index contributed by atoms with van der Waals surface area (Å²) in [6, 6.07) is 7.73. The predicted molar refractivity (Wildman–Crippen MR) is 60.5 cm³/mol. The van der Waals surface area contributed by atoms with Gasteiger partial charge in [0.1, 0.15) is 0 Å². The first-order valence-corrected chi connectivity index (χ1v) is 5.47. The van der Waals surface area contributed by atoms with Gasteiger partial charge < -0.3 is 11.1 Å². The number of anilines is 1. The van der Waals surface area contributed by atoms with Crippen molar-refractivity contribution in [1.82, 2.24) is 0 Å².